The number of halogens is 2. The molecule has 0 fully saturated rings. The molecule has 0 aliphatic heterocycles. The summed E-state index contributed by atoms with van der Waals surface area (Å²) in [5.41, 5.74) is 0.457. The summed E-state index contributed by atoms with van der Waals surface area (Å²) in [6, 6.07) is 3.31. The Labute approximate surface area is 102 Å². The summed E-state index contributed by atoms with van der Waals surface area (Å²) in [5, 5.41) is 2.69. The van der Waals surface area contributed by atoms with Crippen molar-refractivity contribution >= 4 is 6.21 Å². The maximum absolute atomic E-state index is 13.3. The van der Waals surface area contributed by atoms with E-state index in [1.54, 1.807) is 7.05 Å². The van der Waals surface area contributed by atoms with Crippen molar-refractivity contribution < 1.29 is 8.78 Å². The molecule has 4 nitrogen and oxygen atoms in total. The number of aromatic nitrogens is 2. The number of aryl methyl sites for hydroxylation is 1. The number of nitrogens with zero attached hydrogens (tertiary/aromatic N) is 2. The molecule has 1 aromatic carbocycles. The van der Waals surface area contributed by atoms with E-state index in [9.17, 15) is 13.6 Å². The molecular formula is C12H11F2N3O. The molecule has 1 heterocycles. The summed E-state index contributed by atoms with van der Waals surface area (Å²) in [6.07, 6.45) is 2.87. The molecule has 0 aliphatic rings. The van der Waals surface area contributed by atoms with Crippen molar-refractivity contribution in [1.82, 2.24) is 9.78 Å². The first-order chi connectivity index (χ1) is 8.58. The summed E-state index contributed by atoms with van der Waals surface area (Å²) >= 11 is 0. The van der Waals surface area contributed by atoms with Crippen LogP contribution in [0, 0.1) is 11.6 Å². The fraction of sp³-hybridized carbons (Fsp3) is 0.167. The van der Waals surface area contributed by atoms with Gasteiger partial charge in [0, 0.05) is 31.1 Å². The van der Waals surface area contributed by atoms with E-state index in [0.717, 1.165) is 6.07 Å². The van der Waals surface area contributed by atoms with Crippen molar-refractivity contribution in [1.29, 1.82) is 0 Å². The zero-order valence-corrected chi connectivity index (χ0v) is 9.65. The van der Waals surface area contributed by atoms with Crippen LogP contribution in [0.25, 0.3) is 0 Å². The highest BCUT2D eigenvalue weighted by molar-refractivity contribution is 5.78. The van der Waals surface area contributed by atoms with Crippen molar-refractivity contribution in [3.05, 3.63) is 57.5 Å². The lowest BCUT2D eigenvalue weighted by Crippen LogP contribution is -2.14. The SMILES string of the molecule is Cn1[nH]cc(C=NCc2ccc(F)cc2F)c1=O. The van der Waals surface area contributed by atoms with Crippen molar-refractivity contribution in [2.24, 2.45) is 12.0 Å². The molecule has 2 rings (SSSR count). The molecule has 18 heavy (non-hydrogen) atoms. The molecule has 0 amide bonds. The molecule has 0 saturated heterocycles. The van der Waals surface area contributed by atoms with Crippen LogP contribution in [0.1, 0.15) is 11.1 Å². The van der Waals surface area contributed by atoms with E-state index >= 15 is 0 Å². The summed E-state index contributed by atoms with van der Waals surface area (Å²) in [6.45, 7) is 0.0560. The number of benzene rings is 1. The lowest BCUT2D eigenvalue weighted by molar-refractivity contribution is 0.573. The van der Waals surface area contributed by atoms with Gasteiger partial charge in [-0.15, -0.1) is 0 Å². The zero-order chi connectivity index (χ0) is 13.1. The van der Waals surface area contributed by atoms with Gasteiger partial charge in [-0.05, 0) is 6.07 Å². The van der Waals surface area contributed by atoms with Gasteiger partial charge >= 0.3 is 0 Å². The molecule has 0 radical (unpaired) electrons. The number of nitrogens with one attached hydrogen (secondary N) is 1. The van der Waals surface area contributed by atoms with Crippen LogP contribution in [0.15, 0.2) is 34.2 Å². The summed E-state index contributed by atoms with van der Waals surface area (Å²) < 4.78 is 27.2. The third-order valence-corrected chi connectivity index (χ3v) is 2.47. The number of H-pyrrole nitrogens is 1. The Morgan fingerprint density at radius 3 is 2.83 bits per heavy atom. The van der Waals surface area contributed by atoms with Crippen molar-refractivity contribution in [3.63, 3.8) is 0 Å². The highest BCUT2D eigenvalue weighted by Crippen LogP contribution is 2.10. The number of hydrogen-bond acceptors (Lipinski definition) is 2. The average Bonchev–Trinajstić information content (AvgIpc) is 2.64. The highest BCUT2D eigenvalue weighted by Gasteiger charge is 2.03. The quantitative estimate of drug-likeness (QED) is 0.828. The molecule has 1 aromatic heterocycles. The minimum Gasteiger partial charge on any atom is -0.302 e. The predicted molar refractivity (Wildman–Crippen MR) is 63.7 cm³/mol. The van der Waals surface area contributed by atoms with Crippen molar-refractivity contribution in [3.8, 4) is 0 Å². The molecule has 0 saturated carbocycles. The van der Waals surface area contributed by atoms with Crippen LogP contribution in [0.4, 0.5) is 8.78 Å². The Balaban J connectivity index is 2.12. The second kappa shape index (κ2) is 4.95. The van der Waals surface area contributed by atoms with Crippen LogP contribution in [0.2, 0.25) is 0 Å². The lowest BCUT2D eigenvalue weighted by atomic mass is 10.2. The molecular weight excluding hydrogens is 240 g/mol. The second-order valence-corrected chi connectivity index (χ2v) is 3.80. The minimum atomic E-state index is -0.644. The smallest absolute Gasteiger partial charge is 0.275 e. The molecule has 0 spiro atoms. The normalized spacial score (nSPS) is 11.3. The van der Waals surface area contributed by atoms with E-state index in [1.165, 1.54) is 29.2 Å². The predicted octanol–water partition coefficient (Wildman–Crippen LogP) is 1.61. The maximum atomic E-state index is 13.3. The third kappa shape index (κ3) is 2.53. The van der Waals surface area contributed by atoms with Gasteiger partial charge in [0.25, 0.3) is 5.56 Å². The van der Waals surface area contributed by atoms with Gasteiger partial charge in [-0.2, -0.15) is 0 Å². The topological polar surface area (TPSA) is 50.1 Å². The van der Waals surface area contributed by atoms with E-state index < -0.39 is 11.6 Å². The summed E-state index contributed by atoms with van der Waals surface area (Å²) in [4.78, 5) is 15.4. The van der Waals surface area contributed by atoms with Crippen molar-refractivity contribution in [2.45, 2.75) is 6.54 Å². The third-order valence-electron chi connectivity index (χ3n) is 2.47. The number of rotatable bonds is 3. The molecule has 94 valence electrons. The minimum absolute atomic E-state index is 0.0560. The molecule has 2 aromatic rings. The fourth-order valence-corrected chi connectivity index (χ4v) is 1.47. The number of aromatic amines is 1. The molecule has 0 bridgehead atoms. The Kier molecular flexibility index (Phi) is 3.36. The van der Waals surface area contributed by atoms with Gasteiger partial charge in [0.05, 0.1) is 12.1 Å². The van der Waals surface area contributed by atoms with Gasteiger partial charge in [-0.1, -0.05) is 6.07 Å². The van der Waals surface area contributed by atoms with Gasteiger partial charge < -0.3 is 5.10 Å². The molecule has 6 heteroatoms. The second-order valence-electron chi connectivity index (χ2n) is 3.80. The maximum Gasteiger partial charge on any atom is 0.275 e. The van der Waals surface area contributed by atoms with Gasteiger partial charge in [0.2, 0.25) is 0 Å². The molecule has 0 unspecified atom stereocenters. The van der Waals surface area contributed by atoms with Crippen LogP contribution in [-0.2, 0) is 13.6 Å². The first-order valence-electron chi connectivity index (χ1n) is 5.26. The first kappa shape index (κ1) is 12.2. The Hall–Kier alpha value is -2.24. The van der Waals surface area contributed by atoms with E-state index in [4.69, 9.17) is 0 Å². The van der Waals surface area contributed by atoms with E-state index in [-0.39, 0.29) is 17.7 Å². The molecule has 0 aliphatic carbocycles. The summed E-state index contributed by atoms with van der Waals surface area (Å²) in [5.74, 6) is -1.27. The van der Waals surface area contributed by atoms with Crippen LogP contribution in [-0.4, -0.2) is 16.0 Å². The van der Waals surface area contributed by atoms with Crippen LogP contribution in [0.5, 0.6) is 0 Å². The van der Waals surface area contributed by atoms with Crippen molar-refractivity contribution in [2.75, 3.05) is 0 Å². The van der Waals surface area contributed by atoms with Gasteiger partial charge in [-0.3, -0.25) is 14.5 Å². The number of hydrogen-bond donors (Lipinski definition) is 1. The van der Waals surface area contributed by atoms with Gasteiger partial charge in [0.15, 0.2) is 0 Å². The summed E-state index contributed by atoms with van der Waals surface area (Å²) in [7, 11) is 1.58. The van der Waals surface area contributed by atoms with E-state index in [1.807, 2.05) is 0 Å². The first-order valence-corrected chi connectivity index (χ1v) is 5.26. The van der Waals surface area contributed by atoms with Gasteiger partial charge in [0.1, 0.15) is 11.6 Å². The molecule has 1 N–H and O–H groups in total. The van der Waals surface area contributed by atoms with Crippen LogP contribution in [0.3, 0.4) is 0 Å². The molecule has 0 atom stereocenters. The Morgan fingerprint density at radius 1 is 1.44 bits per heavy atom. The largest absolute Gasteiger partial charge is 0.302 e. The Bertz CT molecular complexity index is 643. The Morgan fingerprint density at radius 2 is 2.22 bits per heavy atom. The zero-order valence-electron chi connectivity index (χ0n) is 9.65. The van der Waals surface area contributed by atoms with Crippen LogP contribution < -0.4 is 5.56 Å². The fourth-order valence-electron chi connectivity index (χ4n) is 1.47. The van der Waals surface area contributed by atoms with E-state index in [2.05, 4.69) is 10.1 Å². The lowest BCUT2D eigenvalue weighted by Gasteiger charge is -1.98. The average molecular weight is 251 g/mol. The highest BCUT2D eigenvalue weighted by atomic mass is 19.1. The standard InChI is InChI=1S/C12H11F2N3O/c1-17-12(18)9(7-16-17)6-15-5-8-2-3-10(13)4-11(8)14/h2-4,6-7,16H,5H2,1H3. The van der Waals surface area contributed by atoms with Gasteiger partial charge in [-0.25, -0.2) is 8.78 Å². The number of aliphatic imine (C=N–C) groups is 1. The van der Waals surface area contributed by atoms with E-state index in [0.29, 0.717) is 5.56 Å². The van der Waals surface area contributed by atoms with Crippen LogP contribution >= 0.6 is 0 Å². The monoisotopic (exact) mass is 251 g/mol.